The van der Waals surface area contributed by atoms with Gasteiger partial charge in [0.2, 0.25) is 0 Å². The summed E-state index contributed by atoms with van der Waals surface area (Å²) >= 11 is 0. The van der Waals surface area contributed by atoms with E-state index in [1.807, 2.05) is 0 Å². The number of aromatic nitrogens is 2. The molecule has 0 aliphatic rings. The van der Waals surface area contributed by atoms with Gasteiger partial charge in [-0.2, -0.15) is 4.98 Å². The lowest BCUT2D eigenvalue weighted by molar-refractivity contribution is 0.610. The van der Waals surface area contributed by atoms with Crippen molar-refractivity contribution in [2.75, 3.05) is 5.54 Å². The van der Waals surface area contributed by atoms with Crippen LogP contribution in [0, 0.1) is 0 Å². The molecule has 0 spiro atoms. The van der Waals surface area contributed by atoms with Crippen LogP contribution >= 0.6 is 0 Å². The Morgan fingerprint density at radius 3 is 3.00 bits per heavy atom. The third-order valence-electron chi connectivity index (χ3n) is 0.767. The van der Waals surface area contributed by atoms with Crippen molar-refractivity contribution in [1.82, 2.24) is 9.97 Å². The standard InChI is InChI=1S/C4H4FN3O/c5-8-3-1-2-6-4(9)7-3/h1-2H,(H2,6,7,8,9). The number of hydrogen-bond donors (Lipinski definition) is 2. The highest BCUT2D eigenvalue weighted by atomic mass is 19.2. The summed E-state index contributed by atoms with van der Waals surface area (Å²) in [4.78, 5) is 15.7. The second-order valence-electron chi connectivity index (χ2n) is 1.37. The van der Waals surface area contributed by atoms with Gasteiger partial charge in [-0.1, -0.05) is 0 Å². The molecule has 5 heteroatoms. The Morgan fingerprint density at radius 2 is 2.56 bits per heavy atom. The lowest BCUT2D eigenvalue weighted by Gasteiger charge is -1.88. The van der Waals surface area contributed by atoms with E-state index in [1.54, 1.807) is 0 Å². The van der Waals surface area contributed by atoms with Crippen LogP contribution in [0.5, 0.6) is 0 Å². The molecule has 0 fully saturated rings. The molecule has 9 heavy (non-hydrogen) atoms. The average Bonchev–Trinajstić information content (AvgIpc) is 1.88. The quantitative estimate of drug-likeness (QED) is 0.527. The molecule has 0 aromatic carbocycles. The summed E-state index contributed by atoms with van der Waals surface area (Å²) in [5, 5.41) is 0. The van der Waals surface area contributed by atoms with Gasteiger partial charge in [-0.25, -0.2) is 10.3 Å². The third-order valence-corrected chi connectivity index (χ3v) is 0.767. The van der Waals surface area contributed by atoms with Crippen molar-refractivity contribution in [3.8, 4) is 0 Å². The Labute approximate surface area is 49.7 Å². The Hall–Kier alpha value is -1.39. The van der Waals surface area contributed by atoms with Crippen molar-refractivity contribution in [2.24, 2.45) is 0 Å². The van der Waals surface area contributed by atoms with Gasteiger partial charge in [-0.3, -0.25) is 0 Å². The topological polar surface area (TPSA) is 57.8 Å². The van der Waals surface area contributed by atoms with Crippen LogP contribution in [0.1, 0.15) is 0 Å². The van der Waals surface area contributed by atoms with Gasteiger partial charge in [0.15, 0.2) is 5.82 Å². The minimum Gasteiger partial charge on any atom is -0.313 e. The second-order valence-corrected chi connectivity index (χ2v) is 1.37. The van der Waals surface area contributed by atoms with Crippen LogP contribution in [0.25, 0.3) is 0 Å². The second kappa shape index (κ2) is 2.25. The highest BCUT2D eigenvalue weighted by Gasteiger charge is 1.88. The van der Waals surface area contributed by atoms with Crippen molar-refractivity contribution in [2.45, 2.75) is 0 Å². The molecule has 0 atom stereocenters. The smallest absolute Gasteiger partial charge is 0.313 e. The van der Waals surface area contributed by atoms with E-state index in [1.165, 1.54) is 17.8 Å². The van der Waals surface area contributed by atoms with Gasteiger partial charge in [0, 0.05) is 6.20 Å². The summed E-state index contributed by atoms with van der Waals surface area (Å²) < 4.78 is 11.4. The predicted octanol–water partition coefficient (Wildman–Crippen LogP) is 0.0663. The maximum atomic E-state index is 11.4. The molecule has 1 aromatic rings. The molecule has 0 bridgehead atoms. The van der Waals surface area contributed by atoms with E-state index in [0.717, 1.165) is 0 Å². The molecule has 0 saturated heterocycles. The molecule has 0 radical (unpaired) electrons. The summed E-state index contributed by atoms with van der Waals surface area (Å²) in [5.41, 5.74) is 0.665. The van der Waals surface area contributed by atoms with Gasteiger partial charge < -0.3 is 4.98 Å². The number of anilines is 1. The average molecular weight is 129 g/mol. The van der Waals surface area contributed by atoms with Crippen LogP contribution in [0.15, 0.2) is 17.1 Å². The maximum absolute atomic E-state index is 11.4. The highest BCUT2D eigenvalue weighted by Crippen LogP contribution is 1.93. The molecule has 0 amide bonds. The fourth-order valence-corrected chi connectivity index (χ4v) is 0.423. The van der Waals surface area contributed by atoms with E-state index < -0.39 is 5.69 Å². The van der Waals surface area contributed by atoms with Crippen LogP contribution in [-0.2, 0) is 0 Å². The van der Waals surface area contributed by atoms with Gasteiger partial charge >= 0.3 is 5.69 Å². The van der Waals surface area contributed by atoms with Gasteiger partial charge in [-0.05, 0) is 6.07 Å². The number of halogens is 1. The number of hydrogen-bond acceptors (Lipinski definition) is 3. The fourth-order valence-electron chi connectivity index (χ4n) is 0.423. The number of rotatable bonds is 1. The van der Waals surface area contributed by atoms with Crippen molar-refractivity contribution in [3.63, 3.8) is 0 Å². The zero-order chi connectivity index (χ0) is 6.69. The van der Waals surface area contributed by atoms with Crippen molar-refractivity contribution in [3.05, 3.63) is 22.7 Å². The largest absolute Gasteiger partial charge is 0.346 e. The van der Waals surface area contributed by atoms with Gasteiger partial charge in [0.25, 0.3) is 0 Å². The van der Waals surface area contributed by atoms with Crippen molar-refractivity contribution < 1.29 is 4.48 Å². The monoisotopic (exact) mass is 129 g/mol. The Balaban J connectivity index is 3.08. The van der Waals surface area contributed by atoms with Crippen molar-refractivity contribution in [1.29, 1.82) is 0 Å². The lowest BCUT2D eigenvalue weighted by atomic mass is 10.6. The van der Waals surface area contributed by atoms with Crippen LogP contribution in [-0.4, -0.2) is 9.97 Å². The molecule has 4 nitrogen and oxygen atoms in total. The van der Waals surface area contributed by atoms with E-state index in [4.69, 9.17) is 0 Å². The van der Waals surface area contributed by atoms with E-state index >= 15 is 0 Å². The van der Waals surface area contributed by atoms with Gasteiger partial charge in [0.1, 0.15) is 0 Å². The summed E-state index contributed by atoms with van der Waals surface area (Å²) in [7, 11) is 0. The zero-order valence-corrected chi connectivity index (χ0v) is 4.39. The highest BCUT2D eigenvalue weighted by molar-refractivity contribution is 5.27. The minimum atomic E-state index is -0.572. The van der Waals surface area contributed by atoms with Crippen LogP contribution in [0.4, 0.5) is 10.3 Å². The maximum Gasteiger partial charge on any atom is 0.346 e. The molecule has 0 aliphatic carbocycles. The van der Waals surface area contributed by atoms with E-state index in [9.17, 15) is 9.28 Å². The summed E-state index contributed by atoms with van der Waals surface area (Å²) in [6.45, 7) is 0. The Bertz CT molecular complexity index is 246. The first kappa shape index (κ1) is 5.74. The number of nitrogens with zero attached hydrogens (tertiary/aromatic N) is 1. The first-order valence-electron chi connectivity index (χ1n) is 2.25. The molecular weight excluding hydrogens is 125 g/mol. The number of nitrogens with one attached hydrogen (secondary N) is 2. The molecule has 1 aromatic heterocycles. The van der Waals surface area contributed by atoms with E-state index in [2.05, 4.69) is 9.97 Å². The molecule has 0 unspecified atom stereocenters. The van der Waals surface area contributed by atoms with Crippen LogP contribution in [0.3, 0.4) is 0 Å². The molecule has 1 rings (SSSR count). The fraction of sp³-hybridized carbons (Fsp3) is 0. The van der Waals surface area contributed by atoms with Crippen LogP contribution in [0.2, 0.25) is 0 Å². The molecule has 48 valence electrons. The van der Waals surface area contributed by atoms with Gasteiger partial charge in [0.05, 0.1) is 0 Å². The molecular formula is C4H4FN3O. The molecule has 2 N–H and O–H groups in total. The SMILES string of the molecule is O=c1nc(NF)cc[nH]1. The summed E-state index contributed by atoms with van der Waals surface area (Å²) in [6, 6.07) is 1.31. The Morgan fingerprint density at radius 1 is 1.78 bits per heavy atom. The summed E-state index contributed by atoms with van der Waals surface area (Å²) in [5.74, 6) is -0.0845. The summed E-state index contributed by atoms with van der Waals surface area (Å²) in [6.07, 6.45) is 1.30. The number of H-pyrrole nitrogens is 1. The third kappa shape index (κ3) is 1.25. The lowest BCUT2D eigenvalue weighted by Crippen LogP contribution is -2.09. The first-order chi connectivity index (χ1) is 4.33. The normalized spacial score (nSPS) is 9.00. The Kier molecular flexibility index (Phi) is 1.44. The predicted molar refractivity (Wildman–Crippen MR) is 29.6 cm³/mol. The van der Waals surface area contributed by atoms with E-state index in [-0.39, 0.29) is 5.82 Å². The minimum absolute atomic E-state index is 0.0845. The molecule has 0 aliphatic heterocycles. The first-order valence-corrected chi connectivity index (χ1v) is 2.25. The molecule has 0 saturated carbocycles. The van der Waals surface area contributed by atoms with Crippen molar-refractivity contribution >= 4 is 5.82 Å². The molecule has 1 heterocycles. The van der Waals surface area contributed by atoms with Crippen LogP contribution < -0.4 is 11.2 Å². The zero-order valence-electron chi connectivity index (χ0n) is 4.39. The number of aromatic amines is 1. The van der Waals surface area contributed by atoms with E-state index in [0.29, 0.717) is 0 Å². The van der Waals surface area contributed by atoms with Gasteiger partial charge in [-0.15, -0.1) is 4.48 Å².